The number of aryl methyl sites for hydroxylation is 1. The number of methoxy groups -OCH3 is 1. The maximum Gasteiger partial charge on any atom is 0.387 e. The highest BCUT2D eigenvalue weighted by Crippen LogP contribution is 2.35. The van der Waals surface area contributed by atoms with Gasteiger partial charge in [-0.05, 0) is 43.0 Å². The smallest absolute Gasteiger partial charge is 0.387 e. The topological polar surface area (TPSA) is 50.8 Å². The molecule has 7 heteroatoms. The molecule has 1 N–H and O–H groups in total. The summed E-state index contributed by atoms with van der Waals surface area (Å²) in [4.78, 5) is 14.6. The summed E-state index contributed by atoms with van der Waals surface area (Å²) in [5.41, 5.74) is 2.63. The van der Waals surface area contributed by atoms with Crippen LogP contribution in [0.5, 0.6) is 11.5 Å². The van der Waals surface area contributed by atoms with Crippen molar-refractivity contribution in [3.05, 3.63) is 53.6 Å². The predicted octanol–water partition coefficient (Wildman–Crippen LogP) is 4.97. The lowest BCUT2D eigenvalue weighted by molar-refractivity contribution is -0.0511. The van der Waals surface area contributed by atoms with Gasteiger partial charge in [-0.25, -0.2) is 4.79 Å². The van der Waals surface area contributed by atoms with Gasteiger partial charge in [0.15, 0.2) is 11.5 Å². The zero-order valence-electron chi connectivity index (χ0n) is 15.2. The molecule has 1 saturated heterocycles. The molecule has 144 valence electrons. The van der Waals surface area contributed by atoms with Crippen molar-refractivity contribution in [2.45, 2.75) is 32.4 Å². The molecular weight excluding hydrogens is 354 g/mol. The van der Waals surface area contributed by atoms with Crippen LogP contribution in [0.4, 0.5) is 19.3 Å². The van der Waals surface area contributed by atoms with Gasteiger partial charge in [0.1, 0.15) is 0 Å². The number of alkyl halides is 2. The summed E-state index contributed by atoms with van der Waals surface area (Å²) in [5.74, 6) is 0.0504. The molecule has 1 atom stereocenters. The van der Waals surface area contributed by atoms with Crippen molar-refractivity contribution in [2.75, 3.05) is 19.0 Å². The van der Waals surface area contributed by atoms with Crippen molar-refractivity contribution in [1.82, 2.24) is 4.90 Å². The Morgan fingerprint density at radius 1 is 1.22 bits per heavy atom. The van der Waals surface area contributed by atoms with E-state index in [-0.39, 0.29) is 23.6 Å². The molecule has 0 aliphatic carbocycles. The normalized spacial score (nSPS) is 16.5. The van der Waals surface area contributed by atoms with Gasteiger partial charge in [0.2, 0.25) is 0 Å². The number of benzene rings is 2. The maximum atomic E-state index is 12.8. The van der Waals surface area contributed by atoms with Gasteiger partial charge in [-0.15, -0.1) is 0 Å². The number of nitrogens with one attached hydrogen (secondary N) is 1. The second-order valence-electron chi connectivity index (χ2n) is 6.38. The van der Waals surface area contributed by atoms with Crippen molar-refractivity contribution in [3.63, 3.8) is 0 Å². The molecule has 0 saturated carbocycles. The fourth-order valence-electron chi connectivity index (χ4n) is 3.43. The van der Waals surface area contributed by atoms with Crippen LogP contribution in [0.3, 0.4) is 0 Å². The number of nitrogens with zero attached hydrogens (tertiary/aromatic N) is 1. The molecule has 2 amide bonds. The minimum absolute atomic E-state index is 0.00114. The molecule has 5 nitrogen and oxygen atoms in total. The summed E-state index contributed by atoms with van der Waals surface area (Å²) in [6.45, 7) is -0.309. The third-order valence-electron chi connectivity index (χ3n) is 4.69. The van der Waals surface area contributed by atoms with E-state index in [0.717, 1.165) is 24.0 Å². The van der Waals surface area contributed by atoms with E-state index in [1.165, 1.54) is 19.2 Å². The number of likely N-dealkylation sites (tertiary alicyclic amines) is 1. The average Bonchev–Trinajstić information content (AvgIpc) is 3.11. The van der Waals surface area contributed by atoms with E-state index < -0.39 is 6.61 Å². The summed E-state index contributed by atoms with van der Waals surface area (Å²) < 4.78 is 34.6. The number of rotatable bonds is 5. The molecule has 27 heavy (non-hydrogen) atoms. The standard InChI is InChI=1S/C20H22F2N2O3/c1-13-6-3-4-7-15(13)16-8-5-11-24(16)20(25)23-14-9-10-17(26-2)18(12-14)27-19(21)22/h3-4,6-7,9-10,12,16,19H,5,8,11H2,1-2H3,(H,23,25). The van der Waals surface area contributed by atoms with Gasteiger partial charge < -0.3 is 19.7 Å². The van der Waals surface area contributed by atoms with Crippen LogP contribution in [0.2, 0.25) is 0 Å². The molecule has 0 radical (unpaired) electrons. The van der Waals surface area contributed by atoms with E-state index in [4.69, 9.17) is 4.74 Å². The fraction of sp³-hybridized carbons (Fsp3) is 0.350. The summed E-state index contributed by atoms with van der Waals surface area (Å²) in [7, 11) is 1.36. The number of ether oxygens (including phenoxy) is 2. The van der Waals surface area contributed by atoms with Crippen LogP contribution in [0.25, 0.3) is 0 Å². The fourth-order valence-corrected chi connectivity index (χ4v) is 3.43. The first kappa shape index (κ1) is 18.9. The summed E-state index contributed by atoms with van der Waals surface area (Å²) in [6, 6.07) is 12.1. The van der Waals surface area contributed by atoms with E-state index in [1.54, 1.807) is 11.0 Å². The number of carbonyl (C=O) groups is 1. The molecule has 3 rings (SSSR count). The van der Waals surface area contributed by atoms with Crippen molar-refractivity contribution >= 4 is 11.7 Å². The number of urea groups is 1. The van der Waals surface area contributed by atoms with Gasteiger partial charge in [0.25, 0.3) is 0 Å². The van der Waals surface area contributed by atoms with E-state index in [2.05, 4.69) is 10.1 Å². The third-order valence-corrected chi connectivity index (χ3v) is 4.69. The monoisotopic (exact) mass is 376 g/mol. The molecule has 2 aromatic rings. The lowest BCUT2D eigenvalue weighted by Gasteiger charge is -2.26. The molecule has 0 spiro atoms. The largest absolute Gasteiger partial charge is 0.493 e. The Balaban J connectivity index is 1.77. The summed E-state index contributed by atoms with van der Waals surface area (Å²) >= 11 is 0. The van der Waals surface area contributed by atoms with Crippen molar-refractivity contribution in [1.29, 1.82) is 0 Å². The third kappa shape index (κ3) is 4.30. The lowest BCUT2D eigenvalue weighted by atomic mass is 9.99. The Morgan fingerprint density at radius 3 is 2.70 bits per heavy atom. The van der Waals surface area contributed by atoms with Crippen LogP contribution >= 0.6 is 0 Å². The van der Waals surface area contributed by atoms with Crippen LogP contribution in [0.1, 0.15) is 30.0 Å². The Labute approximate surface area is 156 Å². The van der Waals surface area contributed by atoms with Crippen LogP contribution in [-0.4, -0.2) is 31.2 Å². The first-order valence-electron chi connectivity index (χ1n) is 8.75. The molecule has 1 heterocycles. The molecule has 0 bridgehead atoms. The number of hydrogen-bond acceptors (Lipinski definition) is 3. The average molecular weight is 376 g/mol. The number of anilines is 1. The molecule has 1 unspecified atom stereocenters. The maximum absolute atomic E-state index is 12.8. The van der Waals surface area contributed by atoms with Gasteiger partial charge in [-0.1, -0.05) is 24.3 Å². The number of hydrogen-bond donors (Lipinski definition) is 1. The van der Waals surface area contributed by atoms with E-state index in [9.17, 15) is 13.6 Å². The van der Waals surface area contributed by atoms with Crippen LogP contribution in [-0.2, 0) is 0 Å². The zero-order valence-corrected chi connectivity index (χ0v) is 15.2. The number of halogens is 2. The highest BCUT2D eigenvalue weighted by Gasteiger charge is 2.30. The lowest BCUT2D eigenvalue weighted by Crippen LogP contribution is -2.34. The Hall–Kier alpha value is -2.83. The van der Waals surface area contributed by atoms with Gasteiger partial charge in [-0.2, -0.15) is 8.78 Å². The Kier molecular flexibility index (Phi) is 5.78. The second-order valence-corrected chi connectivity index (χ2v) is 6.38. The Morgan fingerprint density at radius 2 is 2.00 bits per heavy atom. The molecular formula is C20H22F2N2O3. The van der Waals surface area contributed by atoms with Gasteiger partial charge in [0, 0.05) is 18.3 Å². The zero-order chi connectivity index (χ0) is 19.4. The van der Waals surface area contributed by atoms with Crippen LogP contribution in [0, 0.1) is 6.92 Å². The molecule has 1 aliphatic heterocycles. The summed E-state index contributed by atoms with van der Waals surface area (Å²) in [5, 5.41) is 2.77. The molecule has 0 aromatic heterocycles. The predicted molar refractivity (Wildman–Crippen MR) is 98.5 cm³/mol. The van der Waals surface area contributed by atoms with Gasteiger partial charge in [-0.3, -0.25) is 0 Å². The SMILES string of the molecule is COc1ccc(NC(=O)N2CCCC2c2ccccc2C)cc1OC(F)F. The van der Waals surface area contributed by atoms with Crippen molar-refractivity contribution in [2.24, 2.45) is 0 Å². The van der Waals surface area contributed by atoms with Crippen LogP contribution in [0.15, 0.2) is 42.5 Å². The second kappa shape index (κ2) is 8.24. The molecule has 2 aromatic carbocycles. The number of amides is 2. The molecule has 1 fully saturated rings. The molecule has 1 aliphatic rings. The minimum Gasteiger partial charge on any atom is -0.493 e. The van der Waals surface area contributed by atoms with Crippen LogP contribution < -0.4 is 14.8 Å². The minimum atomic E-state index is -2.98. The highest BCUT2D eigenvalue weighted by atomic mass is 19.3. The first-order valence-corrected chi connectivity index (χ1v) is 8.75. The van der Waals surface area contributed by atoms with Gasteiger partial charge >= 0.3 is 12.6 Å². The highest BCUT2D eigenvalue weighted by molar-refractivity contribution is 5.90. The quantitative estimate of drug-likeness (QED) is 0.801. The van der Waals surface area contributed by atoms with E-state index in [0.29, 0.717) is 12.2 Å². The first-order chi connectivity index (χ1) is 13.0. The summed E-state index contributed by atoms with van der Waals surface area (Å²) in [6.07, 6.45) is 1.80. The van der Waals surface area contributed by atoms with Crippen molar-refractivity contribution < 1.29 is 23.0 Å². The van der Waals surface area contributed by atoms with Gasteiger partial charge in [0.05, 0.1) is 13.2 Å². The van der Waals surface area contributed by atoms with E-state index >= 15 is 0 Å². The number of carbonyl (C=O) groups excluding carboxylic acids is 1. The van der Waals surface area contributed by atoms with E-state index in [1.807, 2.05) is 31.2 Å². The Bertz CT molecular complexity index is 814. The van der Waals surface area contributed by atoms with Crippen molar-refractivity contribution in [3.8, 4) is 11.5 Å².